The van der Waals surface area contributed by atoms with E-state index in [0.29, 0.717) is 5.22 Å². The summed E-state index contributed by atoms with van der Waals surface area (Å²) in [5.41, 5.74) is 3.98. The Morgan fingerprint density at radius 2 is 2.29 bits per heavy atom. The zero-order chi connectivity index (χ0) is 14.5. The second-order valence-electron chi connectivity index (χ2n) is 4.04. The summed E-state index contributed by atoms with van der Waals surface area (Å²) in [6, 6.07) is 11.3. The highest BCUT2D eigenvalue weighted by Gasteiger charge is 2.08. The van der Waals surface area contributed by atoms with Gasteiger partial charge in [-0.3, -0.25) is 4.79 Å². The van der Waals surface area contributed by atoms with Crippen molar-refractivity contribution in [2.75, 3.05) is 5.75 Å². The van der Waals surface area contributed by atoms with Crippen LogP contribution < -0.4 is 5.43 Å². The number of hydrogen-bond acceptors (Lipinski definition) is 6. The van der Waals surface area contributed by atoms with E-state index in [0.717, 1.165) is 16.0 Å². The molecule has 3 aromatic rings. The van der Waals surface area contributed by atoms with Gasteiger partial charge in [-0.15, -0.1) is 11.3 Å². The molecule has 106 valence electrons. The highest BCUT2D eigenvalue weighted by molar-refractivity contribution is 7.99. The number of thiophene rings is 1. The third-order valence-electron chi connectivity index (χ3n) is 2.53. The molecule has 0 aliphatic rings. The van der Waals surface area contributed by atoms with Gasteiger partial charge in [0.2, 0.25) is 0 Å². The molecule has 0 aliphatic carbocycles. The maximum absolute atomic E-state index is 11.6. The van der Waals surface area contributed by atoms with Crippen molar-refractivity contribution < 1.29 is 9.21 Å². The van der Waals surface area contributed by atoms with Gasteiger partial charge in [-0.25, -0.2) is 10.4 Å². The number of oxazole rings is 1. The standard InChI is InChI=1S/C14H11N3O2S2/c18-13(17-15-8-10-4-3-7-20-10)9-21-14-16-11-5-1-2-6-12(11)19-14/h1-8H,9H2,(H,17,18). The van der Waals surface area contributed by atoms with Crippen molar-refractivity contribution in [3.8, 4) is 0 Å². The maximum Gasteiger partial charge on any atom is 0.257 e. The van der Waals surface area contributed by atoms with Crippen molar-refractivity contribution in [1.82, 2.24) is 10.4 Å². The van der Waals surface area contributed by atoms with Gasteiger partial charge in [-0.05, 0) is 23.6 Å². The van der Waals surface area contributed by atoms with Gasteiger partial charge < -0.3 is 4.42 Å². The van der Waals surface area contributed by atoms with Crippen molar-refractivity contribution in [2.45, 2.75) is 5.22 Å². The fourth-order valence-electron chi connectivity index (χ4n) is 1.60. The number of benzene rings is 1. The number of hydrogen-bond donors (Lipinski definition) is 1. The van der Waals surface area contributed by atoms with Gasteiger partial charge in [-0.1, -0.05) is 30.0 Å². The smallest absolute Gasteiger partial charge is 0.257 e. The minimum atomic E-state index is -0.199. The van der Waals surface area contributed by atoms with E-state index in [2.05, 4.69) is 15.5 Å². The zero-order valence-electron chi connectivity index (χ0n) is 10.9. The normalized spacial score (nSPS) is 11.2. The zero-order valence-corrected chi connectivity index (χ0v) is 12.5. The SMILES string of the molecule is O=C(CSc1nc2ccccc2o1)NN=Cc1cccs1. The van der Waals surface area contributed by atoms with E-state index in [-0.39, 0.29) is 11.7 Å². The number of aromatic nitrogens is 1. The summed E-state index contributed by atoms with van der Waals surface area (Å²) < 4.78 is 5.52. The number of fused-ring (bicyclic) bond motifs is 1. The number of carbonyl (C=O) groups is 1. The first-order valence-corrected chi connectivity index (χ1v) is 8.01. The highest BCUT2D eigenvalue weighted by atomic mass is 32.2. The Bertz CT molecular complexity index is 732. The Balaban J connectivity index is 1.51. The molecule has 1 aromatic carbocycles. The topological polar surface area (TPSA) is 67.5 Å². The summed E-state index contributed by atoms with van der Waals surface area (Å²) in [7, 11) is 0. The second-order valence-corrected chi connectivity index (χ2v) is 5.95. The molecule has 5 nitrogen and oxygen atoms in total. The van der Waals surface area contributed by atoms with Crippen molar-refractivity contribution in [3.05, 3.63) is 46.7 Å². The lowest BCUT2D eigenvalue weighted by Gasteiger charge is -1.96. The monoisotopic (exact) mass is 317 g/mol. The van der Waals surface area contributed by atoms with Crippen LogP contribution in [0, 0.1) is 0 Å². The fourth-order valence-corrected chi connectivity index (χ4v) is 2.82. The van der Waals surface area contributed by atoms with Crippen LogP contribution in [0.1, 0.15) is 4.88 Å². The third kappa shape index (κ3) is 3.71. The average Bonchev–Trinajstić information content (AvgIpc) is 3.13. The molecule has 0 bridgehead atoms. The Morgan fingerprint density at radius 1 is 1.38 bits per heavy atom. The molecule has 0 spiro atoms. The molecule has 0 fully saturated rings. The lowest BCUT2D eigenvalue weighted by molar-refractivity contribution is -0.118. The number of nitrogens with zero attached hydrogens (tertiary/aromatic N) is 2. The van der Waals surface area contributed by atoms with Gasteiger partial charge in [0.1, 0.15) is 5.52 Å². The molecule has 0 radical (unpaired) electrons. The van der Waals surface area contributed by atoms with Crippen LogP contribution in [-0.2, 0) is 4.79 Å². The summed E-state index contributed by atoms with van der Waals surface area (Å²) in [5, 5.41) is 6.32. The van der Waals surface area contributed by atoms with E-state index >= 15 is 0 Å². The molecule has 2 aromatic heterocycles. The van der Waals surface area contributed by atoms with Crippen LogP contribution in [0.25, 0.3) is 11.1 Å². The first-order chi connectivity index (χ1) is 10.3. The summed E-state index contributed by atoms with van der Waals surface area (Å²) in [6.07, 6.45) is 1.62. The molecule has 7 heteroatoms. The Morgan fingerprint density at radius 3 is 3.10 bits per heavy atom. The lowest BCUT2D eigenvalue weighted by atomic mass is 10.3. The van der Waals surface area contributed by atoms with Crippen LogP contribution in [-0.4, -0.2) is 22.9 Å². The van der Waals surface area contributed by atoms with E-state index in [1.165, 1.54) is 11.8 Å². The van der Waals surface area contributed by atoms with Gasteiger partial charge >= 0.3 is 0 Å². The Kier molecular flexibility index (Phi) is 4.32. The summed E-state index contributed by atoms with van der Waals surface area (Å²) >= 11 is 2.80. The first kappa shape index (κ1) is 13.8. The number of hydrazone groups is 1. The minimum Gasteiger partial charge on any atom is -0.431 e. The van der Waals surface area contributed by atoms with Crippen molar-refractivity contribution in [1.29, 1.82) is 0 Å². The predicted molar refractivity (Wildman–Crippen MR) is 84.8 cm³/mol. The van der Waals surface area contributed by atoms with Gasteiger partial charge in [0.15, 0.2) is 5.58 Å². The highest BCUT2D eigenvalue weighted by Crippen LogP contribution is 2.22. The minimum absolute atomic E-state index is 0.199. The number of nitrogens with one attached hydrogen (secondary N) is 1. The van der Waals surface area contributed by atoms with Gasteiger partial charge in [-0.2, -0.15) is 5.10 Å². The number of thioether (sulfide) groups is 1. The van der Waals surface area contributed by atoms with E-state index in [4.69, 9.17) is 4.42 Å². The Labute approximate surface area is 129 Å². The molecule has 3 rings (SSSR count). The number of amides is 1. The van der Waals surface area contributed by atoms with E-state index < -0.39 is 0 Å². The predicted octanol–water partition coefficient (Wildman–Crippen LogP) is 3.13. The van der Waals surface area contributed by atoms with Crippen molar-refractivity contribution in [3.63, 3.8) is 0 Å². The van der Waals surface area contributed by atoms with Gasteiger partial charge in [0.05, 0.1) is 12.0 Å². The largest absolute Gasteiger partial charge is 0.431 e. The molecular weight excluding hydrogens is 306 g/mol. The number of para-hydroxylation sites is 2. The van der Waals surface area contributed by atoms with E-state index in [1.54, 1.807) is 17.6 Å². The fraction of sp³-hybridized carbons (Fsp3) is 0.0714. The average molecular weight is 317 g/mol. The summed E-state index contributed by atoms with van der Waals surface area (Å²) in [5.74, 6) is 0.00396. The maximum atomic E-state index is 11.6. The summed E-state index contributed by atoms with van der Waals surface area (Å²) in [6.45, 7) is 0. The van der Waals surface area contributed by atoms with Crippen LogP contribution in [0.15, 0.2) is 56.5 Å². The van der Waals surface area contributed by atoms with E-state index in [9.17, 15) is 4.79 Å². The van der Waals surface area contributed by atoms with Crippen LogP contribution in [0.4, 0.5) is 0 Å². The van der Waals surface area contributed by atoms with Crippen LogP contribution >= 0.6 is 23.1 Å². The molecule has 1 N–H and O–H groups in total. The van der Waals surface area contributed by atoms with Crippen molar-refractivity contribution in [2.24, 2.45) is 5.10 Å². The van der Waals surface area contributed by atoms with Crippen LogP contribution in [0.3, 0.4) is 0 Å². The number of rotatable bonds is 5. The summed E-state index contributed by atoms with van der Waals surface area (Å²) in [4.78, 5) is 16.9. The molecule has 0 aliphatic heterocycles. The molecule has 1 amide bonds. The molecule has 0 unspecified atom stereocenters. The lowest BCUT2D eigenvalue weighted by Crippen LogP contribution is -2.19. The van der Waals surface area contributed by atoms with E-state index in [1.807, 2.05) is 41.8 Å². The molecule has 21 heavy (non-hydrogen) atoms. The van der Waals surface area contributed by atoms with Crippen LogP contribution in [0.5, 0.6) is 0 Å². The van der Waals surface area contributed by atoms with Gasteiger partial charge in [0, 0.05) is 4.88 Å². The Hall–Kier alpha value is -2.12. The molecule has 0 saturated heterocycles. The number of carbonyl (C=O) groups excluding carboxylic acids is 1. The molecular formula is C14H11N3O2S2. The molecule has 0 saturated carbocycles. The quantitative estimate of drug-likeness (QED) is 0.446. The van der Waals surface area contributed by atoms with Gasteiger partial charge in [0.25, 0.3) is 11.1 Å². The molecule has 0 atom stereocenters. The first-order valence-electron chi connectivity index (χ1n) is 6.15. The van der Waals surface area contributed by atoms with Crippen molar-refractivity contribution >= 4 is 46.3 Å². The second kappa shape index (κ2) is 6.55. The van der Waals surface area contributed by atoms with Crippen LogP contribution in [0.2, 0.25) is 0 Å². The third-order valence-corrected chi connectivity index (χ3v) is 4.16. The molecule has 2 heterocycles.